The van der Waals surface area contributed by atoms with E-state index in [4.69, 9.17) is 4.74 Å². The van der Waals surface area contributed by atoms with Crippen LogP contribution in [-0.4, -0.2) is 37.2 Å². The SMILES string of the molecule is CC(C)Oc1ccc(C(C)NCC2CCCN2C)cc1. The molecule has 0 aliphatic carbocycles. The molecule has 0 amide bonds. The molecule has 2 rings (SSSR count). The average molecular weight is 276 g/mol. The summed E-state index contributed by atoms with van der Waals surface area (Å²) < 4.78 is 5.68. The van der Waals surface area contributed by atoms with Crippen LogP contribution in [0, 0.1) is 0 Å². The predicted molar refractivity (Wildman–Crippen MR) is 84.3 cm³/mol. The molecule has 0 bridgehead atoms. The topological polar surface area (TPSA) is 24.5 Å². The maximum absolute atomic E-state index is 5.68. The van der Waals surface area contributed by atoms with Gasteiger partial charge in [-0.25, -0.2) is 0 Å². The van der Waals surface area contributed by atoms with Crippen molar-refractivity contribution in [1.29, 1.82) is 0 Å². The molecule has 3 heteroatoms. The Morgan fingerprint density at radius 2 is 1.95 bits per heavy atom. The van der Waals surface area contributed by atoms with Crippen LogP contribution in [0.3, 0.4) is 0 Å². The van der Waals surface area contributed by atoms with E-state index >= 15 is 0 Å². The van der Waals surface area contributed by atoms with Gasteiger partial charge >= 0.3 is 0 Å². The van der Waals surface area contributed by atoms with Gasteiger partial charge in [0, 0.05) is 18.6 Å². The molecule has 3 nitrogen and oxygen atoms in total. The number of likely N-dealkylation sites (tertiary alicyclic amines) is 1. The summed E-state index contributed by atoms with van der Waals surface area (Å²) in [5.74, 6) is 0.950. The van der Waals surface area contributed by atoms with E-state index in [1.807, 2.05) is 0 Å². The number of nitrogens with zero attached hydrogens (tertiary/aromatic N) is 1. The first-order valence-electron chi connectivity index (χ1n) is 7.76. The number of hydrogen-bond acceptors (Lipinski definition) is 3. The third-order valence-electron chi connectivity index (χ3n) is 4.08. The first-order chi connectivity index (χ1) is 9.56. The molecular formula is C17H28N2O. The zero-order valence-electron chi connectivity index (χ0n) is 13.2. The van der Waals surface area contributed by atoms with E-state index in [1.165, 1.54) is 24.9 Å². The van der Waals surface area contributed by atoms with Crippen molar-refractivity contribution >= 4 is 0 Å². The van der Waals surface area contributed by atoms with Gasteiger partial charge < -0.3 is 15.0 Å². The van der Waals surface area contributed by atoms with Crippen LogP contribution in [-0.2, 0) is 0 Å². The third kappa shape index (κ3) is 4.22. The van der Waals surface area contributed by atoms with Crippen LogP contribution in [0.4, 0.5) is 0 Å². The van der Waals surface area contributed by atoms with Gasteiger partial charge in [-0.15, -0.1) is 0 Å². The van der Waals surface area contributed by atoms with Crippen LogP contribution in [0.5, 0.6) is 5.75 Å². The highest BCUT2D eigenvalue weighted by molar-refractivity contribution is 5.29. The number of hydrogen-bond donors (Lipinski definition) is 1. The largest absolute Gasteiger partial charge is 0.491 e. The average Bonchev–Trinajstić information content (AvgIpc) is 2.82. The van der Waals surface area contributed by atoms with Gasteiger partial charge in [0.25, 0.3) is 0 Å². The van der Waals surface area contributed by atoms with Crippen LogP contribution < -0.4 is 10.1 Å². The summed E-state index contributed by atoms with van der Waals surface area (Å²) in [4.78, 5) is 2.46. The molecule has 0 radical (unpaired) electrons. The van der Waals surface area contributed by atoms with Crippen molar-refractivity contribution in [2.45, 2.75) is 51.8 Å². The van der Waals surface area contributed by atoms with Crippen molar-refractivity contribution in [2.24, 2.45) is 0 Å². The molecule has 0 saturated carbocycles. The Morgan fingerprint density at radius 1 is 1.25 bits per heavy atom. The zero-order valence-corrected chi connectivity index (χ0v) is 13.2. The number of nitrogens with one attached hydrogen (secondary N) is 1. The second-order valence-electron chi connectivity index (χ2n) is 6.14. The number of likely N-dealkylation sites (N-methyl/N-ethyl adjacent to an activating group) is 1. The van der Waals surface area contributed by atoms with Crippen molar-refractivity contribution in [3.63, 3.8) is 0 Å². The Morgan fingerprint density at radius 3 is 2.50 bits per heavy atom. The first kappa shape index (κ1) is 15.3. The highest BCUT2D eigenvalue weighted by atomic mass is 16.5. The highest BCUT2D eigenvalue weighted by Crippen LogP contribution is 2.20. The van der Waals surface area contributed by atoms with Gasteiger partial charge in [0.05, 0.1) is 6.10 Å². The molecule has 1 N–H and O–H groups in total. The predicted octanol–water partition coefficient (Wildman–Crippen LogP) is 3.22. The van der Waals surface area contributed by atoms with Crippen molar-refractivity contribution < 1.29 is 4.74 Å². The van der Waals surface area contributed by atoms with E-state index in [0.717, 1.165) is 12.3 Å². The lowest BCUT2D eigenvalue weighted by atomic mass is 10.1. The van der Waals surface area contributed by atoms with E-state index in [1.54, 1.807) is 0 Å². The molecule has 1 aliphatic heterocycles. The summed E-state index contributed by atoms with van der Waals surface area (Å²) in [6.45, 7) is 8.64. The fourth-order valence-corrected chi connectivity index (χ4v) is 2.78. The first-order valence-corrected chi connectivity index (χ1v) is 7.76. The summed E-state index contributed by atoms with van der Waals surface area (Å²) in [5.41, 5.74) is 1.32. The molecule has 1 aliphatic rings. The zero-order chi connectivity index (χ0) is 14.5. The van der Waals surface area contributed by atoms with E-state index in [-0.39, 0.29) is 6.10 Å². The molecule has 1 aromatic rings. The Hall–Kier alpha value is -1.06. The van der Waals surface area contributed by atoms with E-state index in [2.05, 4.69) is 62.3 Å². The lowest BCUT2D eigenvalue weighted by molar-refractivity contribution is 0.242. The van der Waals surface area contributed by atoms with E-state index in [9.17, 15) is 0 Å². The monoisotopic (exact) mass is 276 g/mol. The van der Waals surface area contributed by atoms with Crippen LogP contribution in [0.2, 0.25) is 0 Å². The molecule has 112 valence electrons. The second kappa shape index (κ2) is 7.09. The summed E-state index contributed by atoms with van der Waals surface area (Å²) in [6, 6.07) is 9.53. The minimum absolute atomic E-state index is 0.231. The molecule has 20 heavy (non-hydrogen) atoms. The van der Waals surface area contributed by atoms with Gasteiger partial charge in [0.15, 0.2) is 0 Å². The van der Waals surface area contributed by atoms with Crippen molar-refractivity contribution in [2.75, 3.05) is 20.1 Å². The maximum Gasteiger partial charge on any atom is 0.119 e. The molecule has 1 aromatic carbocycles. The standard InChI is InChI=1S/C17H28N2O/c1-13(2)20-17-9-7-15(8-10-17)14(3)18-12-16-6-5-11-19(16)4/h7-10,13-14,16,18H,5-6,11-12H2,1-4H3. The molecule has 2 atom stereocenters. The Balaban J connectivity index is 1.84. The van der Waals surface area contributed by atoms with Crippen LogP contribution in [0.25, 0.3) is 0 Å². The lowest BCUT2D eigenvalue weighted by Crippen LogP contribution is -2.36. The third-order valence-corrected chi connectivity index (χ3v) is 4.08. The minimum atomic E-state index is 0.231. The Bertz CT molecular complexity index is 402. The number of ether oxygens (including phenoxy) is 1. The molecule has 1 fully saturated rings. The molecule has 1 saturated heterocycles. The molecule has 0 spiro atoms. The van der Waals surface area contributed by atoms with Gasteiger partial charge in [-0.3, -0.25) is 0 Å². The van der Waals surface area contributed by atoms with Crippen LogP contribution in [0.1, 0.15) is 45.2 Å². The summed E-state index contributed by atoms with van der Waals surface area (Å²) in [6.07, 6.45) is 2.88. The second-order valence-corrected chi connectivity index (χ2v) is 6.14. The summed E-state index contributed by atoms with van der Waals surface area (Å²) in [5, 5.41) is 3.65. The van der Waals surface area contributed by atoms with Gasteiger partial charge in [-0.05, 0) is 64.9 Å². The Labute approximate surface area is 123 Å². The lowest BCUT2D eigenvalue weighted by Gasteiger charge is -2.23. The van der Waals surface area contributed by atoms with Crippen molar-refractivity contribution in [1.82, 2.24) is 10.2 Å². The quantitative estimate of drug-likeness (QED) is 0.863. The molecule has 1 heterocycles. The van der Waals surface area contributed by atoms with E-state index in [0.29, 0.717) is 12.1 Å². The normalized spacial score (nSPS) is 21.4. The molecular weight excluding hydrogens is 248 g/mol. The molecule has 2 unspecified atom stereocenters. The van der Waals surface area contributed by atoms with Crippen LogP contribution in [0.15, 0.2) is 24.3 Å². The van der Waals surface area contributed by atoms with Gasteiger partial charge in [-0.1, -0.05) is 12.1 Å². The Kier molecular flexibility index (Phi) is 5.44. The van der Waals surface area contributed by atoms with Gasteiger partial charge in [-0.2, -0.15) is 0 Å². The van der Waals surface area contributed by atoms with Gasteiger partial charge in [0.1, 0.15) is 5.75 Å². The molecule has 0 aromatic heterocycles. The van der Waals surface area contributed by atoms with Crippen molar-refractivity contribution in [3.05, 3.63) is 29.8 Å². The highest BCUT2D eigenvalue weighted by Gasteiger charge is 2.20. The fraction of sp³-hybridized carbons (Fsp3) is 0.647. The maximum atomic E-state index is 5.68. The van der Waals surface area contributed by atoms with Crippen LogP contribution >= 0.6 is 0 Å². The summed E-state index contributed by atoms with van der Waals surface area (Å²) in [7, 11) is 2.22. The van der Waals surface area contributed by atoms with Crippen molar-refractivity contribution in [3.8, 4) is 5.75 Å². The minimum Gasteiger partial charge on any atom is -0.491 e. The number of benzene rings is 1. The van der Waals surface area contributed by atoms with E-state index < -0.39 is 0 Å². The fourth-order valence-electron chi connectivity index (χ4n) is 2.78. The number of rotatable bonds is 6. The summed E-state index contributed by atoms with van der Waals surface area (Å²) >= 11 is 0. The van der Waals surface area contributed by atoms with Gasteiger partial charge in [0.2, 0.25) is 0 Å². The smallest absolute Gasteiger partial charge is 0.119 e.